The summed E-state index contributed by atoms with van der Waals surface area (Å²) < 4.78 is -0.758. The van der Waals surface area contributed by atoms with Crippen LogP contribution in [0.15, 0.2) is 18.2 Å². The topological polar surface area (TPSA) is 17.1 Å². The maximum atomic E-state index is 11.4. The van der Waals surface area contributed by atoms with E-state index in [1.54, 1.807) is 12.1 Å². The lowest BCUT2D eigenvalue weighted by Crippen LogP contribution is -2.07. The van der Waals surface area contributed by atoms with Gasteiger partial charge in [0.25, 0.3) is 0 Å². The molecule has 13 heavy (non-hydrogen) atoms. The smallest absolute Gasteiger partial charge is 0.192 e. The summed E-state index contributed by atoms with van der Waals surface area (Å²) in [6, 6.07) is 4.64. The number of alkyl halides is 2. The fourth-order valence-electron chi connectivity index (χ4n) is 0.807. The number of ketones is 1. The number of carbonyl (C=O) groups is 1. The fraction of sp³-hybridized carbons (Fsp3) is 0.125. The number of halogens is 4. The van der Waals surface area contributed by atoms with Crippen LogP contribution < -0.4 is 0 Å². The van der Waals surface area contributed by atoms with E-state index in [0.717, 1.165) is 0 Å². The normalized spacial score (nSPS) is 12.6. The van der Waals surface area contributed by atoms with Gasteiger partial charge in [0.05, 0.1) is 5.02 Å². The first-order chi connectivity index (χ1) is 6.02. The first kappa shape index (κ1) is 11.3. The van der Waals surface area contributed by atoms with E-state index in [-0.39, 0.29) is 5.78 Å². The molecule has 0 aliphatic rings. The minimum Gasteiger partial charge on any atom is -0.291 e. The highest BCUT2D eigenvalue weighted by Gasteiger charge is 2.16. The third-order valence-electron chi connectivity index (χ3n) is 1.39. The van der Waals surface area contributed by atoms with E-state index >= 15 is 0 Å². The molecule has 1 unspecified atom stereocenters. The van der Waals surface area contributed by atoms with Crippen molar-refractivity contribution in [3.05, 3.63) is 33.8 Å². The lowest BCUT2D eigenvalue weighted by Gasteiger charge is -2.03. The monoisotopic (exact) mass is 300 g/mol. The number of Topliss-reactive ketones (excluding diaryl/α,β-unsaturated/α-hetero) is 1. The van der Waals surface area contributed by atoms with E-state index in [4.69, 9.17) is 34.8 Å². The molecule has 0 heterocycles. The van der Waals surface area contributed by atoms with Gasteiger partial charge in [-0.15, -0.1) is 11.6 Å². The second kappa shape index (κ2) is 4.65. The average molecular weight is 302 g/mol. The summed E-state index contributed by atoms with van der Waals surface area (Å²) in [6.07, 6.45) is 0. The zero-order valence-corrected chi connectivity index (χ0v) is 10.1. The lowest BCUT2D eigenvalue weighted by molar-refractivity contribution is 0.101. The highest BCUT2D eigenvalue weighted by molar-refractivity contribution is 9.10. The summed E-state index contributed by atoms with van der Waals surface area (Å²) in [5.74, 6) is -0.275. The van der Waals surface area contributed by atoms with Gasteiger partial charge in [0.1, 0.15) is 0 Å². The molecular formula is C8H4BrCl3O. The maximum Gasteiger partial charge on any atom is 0.192 e. The van der Waals surface area contributed by atoms with E-state index in [2.05, 4.69) is 15.9 Å². The molecule has 0 bridgehead atoms. The first-order valence-corrected chi connectivity index (χ1v) is 5.40. The molecule has 1 nitrogen and oxygen atoms in total. The van der Waals surface area contributed by atoms with Crippen molar-refractivity contribution in [1.82, 2.24) is 0 Å². The SMILES string of the molecule is O=C(c1ccc(Cl)cc1Cl)C(Cl)Br. The Bertz CT molecular complexity index is 338. The predicted octanol–water partition coefficient (Wildman–Crippen LogP) is 4.14. The Labute approximate surface area is 99.1 Å². The number of hydrogen-bond acceptors (Lipinski definition) is 1. The van der Waals surface area contributed by atoms with Crippen molar-refractivity contribution >= 4 is 56.5 Å². The van der Waals surface area contributed by atoms with E-state index in [9.17, 15) is 4.79 Å². The van der Waals surface area contributed by atoms with Gasteiger partial charge in [-0.1, -0.05) is 39.1 Å². The Morgan fingerprint density at radius 3 is 2.46 bits per heavy atom. The molecule has 0 spiro atoms. The van der Waals surface area contributed by atoms with Gasteiger partial charge in [0, 0.05) is 10.6 Å². The second-order valence-corrected chi connectivity index (χ2v) is 5.01. The standard InChI is InChI=1S/C8H4BrCl3O/c9-8(12)7(13)5-2-1-4(10)3-6(5)11/h1-3,8H. The summed E-state index contributed by atoms with van der Waals surface area (Å²) in [7, 11) is 0. The summed E-state index contributed by atoms with van der Waals surface area (Å²) >= 11 is 19.9. The van der Waals surface area contributed by atoms with Crippen LogP contribution in [0.4, 0.5) is 0 Å². The Morgan fingerprint density at radius 1 is 1.38 bits per heavy atom. The van der Waals surface area contributed by atoms with Gasteiger partial charge < -0.3 is 0 Å². The fourth-order valence-corrected chi connectivity index (χ4v) is 1.67. The Kier molecular flexibility index (Phi) is 4.05. The number of carbonyl (C=O) groups excluding carboxylic acids is 1. The van der Waals surface area contributed by atoms with Crippen LogP contribution in [0.1, 0.15) is 10.4 Å². The summed E-state index contributed by atoms with van der Waals surface area (Å²) in [5.41, 5.74) is 0.364. The van der Waals surface area contributed by atoms with Crippen molar-refractivity contribution in [2.24, 2.45) is 0 Å². The van der Waals surface area contributed by atoms with Crippen LogP contribution in [0, 0.1) is 0 Å². The molecule has 0 aliphatic heterocycles. The van der Waals surface area contributed by atoms with Crippen LogP contribution >= 0.6 is 50.7 Å². The first-order valence-electron chi connectivity index (χ1n) is 3.30. The molecule has 0 saturated carbocycles. The average Bonchev–Trinajstić information content (AvgIpc) is 2.03. The van der Waals surface area contributed by atoms with Crippen LogP contribution in [0.3, 0.4) is 0 Å². The molecule has 5 heteroatoms. The molecule has 70 valence electrons. The minimum absolute atomic E-state index is 0.275. The largest absolute Gasteiger partial charge is 0.291 e. The summed E-state index contributed by atoms with van der Waals surface area (Å²) in [4.78, 5) is 11.4. The molecule has 1 rings (SSSR count). The minimum atomic E-state index is -0.758. The molecule has 1 atom stereocenters. The van der Waals surface area contributed by atoms with E-state index in [1.807, 2.05) is 0 Å². The van der Waals surface area contributed by atoms with Crippen molar-refractivity contribution < 1.29 is 4.79 Å². The Balaban J connectivity index is 3.09. The number of benzene rings is 1. The summed E-state index contributed by atoms with van der Waals surface area (Å²) in [5, 5.41) is 0.796. The van der Waals surface area contributed by atoms with Gasteiger partial charge in [0.2, 0.25) is 0 Å². The molecule has 0 N–H and O–H groups in total. The number of rotatable bonds is 2. The van der Waals surface area contributed by atoms with Gasteiger partial charge in [-0.05, 0) is 18.2 Å². The van der Waals surface area contributed by atoms with Crippen LogP contribution in [0.5, 0.6) is 0 Å². The Morgan fingerprint density at radius 2 is 2.00 bits per heavy atom. The molecule has 0 fully saturated rings. The van der Waals surface area contributed by atoms with E-state index in [0.29, 0.717) is 15.6 Å². The molecule has 0 aliphatic carbocycles. The van der Waals surface area contributed by atoms with Crippen LogP contribution in [-0.2, 0) is 0 Å². The van der Waals surface area contributed by atoms with Crippen molar-refractivity contribution in [2.45, 2.75) is 4.29 Å². The summed E-state index contributed by atoms with van der Waals surface area (Å²) in [6.45, 7) is 0. The maximum absolute atomic E-state index is 11.4. The molecular weight excluding hydrogens is 298 g/mol. The van der Waals surface area contributed by atoms with Crippen molar-refractivity contribution in [1.29, 1.82) is 0 Å². The molecule has 1 aromatic rings. The van der Waals surface area contributed by atoms with Gasteiger partial charge in [-0.3, -0.25) is 4.79 Å². The second-order valence-electron chi connectivity index (χ2n) is 2.29. The van der Waals surface area contributed by atoms with Crippen LogP contribution in [0.25, 0.3) is 0 Å². The van der Waals surface area contributed by atoms with Gasteiger partial charge in [0.15, 0.2) is 10.1 Å². The van der Waals surface area contributed by atoms with E-state index < -0.39 is 4.29 Å². The Hall–Kier alpha value is 0.240. The zero-order chi connectivity index (χ0) is 10.0. The van der Waals surface area contributed by atoms with Gasteiger partial charge in [-0.2, -0.15) is 0 Å². The quantitative estimate of drug-likeness (QED) is 0.593. The molecule has 0 radical (unpaired) electrons. The highest BCUT2D eigenvalue weighted by atomic mass is 79.9. The third-order valence-corrected chi connectivity index (χ3v) is 2.56. The highest BCUT2D eigenvalue weighted by Crippen LogP contribution is 2.24. The van der Waals surface area contributed by atoms with Crippen molar-refractivity contribution in [2.75, 3.05) is 0 Å². The number of hydrogen-bond donors (Lipinski definition) is 0. The predicted molar refractivity (Wildman–Crippen MR) is 59.4 cm³/mol. The van der Waals surface area contributed by atoms with Crippen molar-refractivity contribution in [3.8, 4) is 0 Å². The van der Waals surface area contributed by atoms with E-state index in [1.165, 1.54) is 6.07 Å². The van der Waals surface area contributed by atoms with Crippen molar-refractivity contribution in [3.63, 3.8) is 0 Å². The third kappa shape index (κ3) is 2.84. The van der Waals surface area contributed by atoms with Crippen LogP contribution in [0.2, 0.25) is 10.0 Å². The molecule has 0 aromatic heterocycles. The van der Waals surface area contributed by atoms with Gasteiger partial charge in [-0.25, -0.2) is 0 Å². The molecule has 0 amide bonds. The van der Waals surface area contributed by atoms with Gasteiger partial charge >= 0.3 is 0 Å². The molecule has 1 aromatic carbocycles. The zero-order valence-electron chi connectivity index (χ0n) is 6.23. The van der Waals surface area contributed by atoms with Crippen LogP contribution in [-0.4, -0.2) is 10.1 Å². The lowest BCUT2D eigenvalue weighted by atomic mass is 10.1. The molecule has 0 saturated heterocycles.